The van der Waals surface area contributed by atoms with Gasteiger partial charge >= 0.3 is 0 Å². The molecule has 0 aromatic heterocycles. The molecule has 178 valence electrons. The number of imide groups is 1. The van der Waals surface area contributed by atoms with Crippen LogP contribution in [0.1, 0.15) is 54.4 Å². The average Bonchev–Trinajstić information content (AvgIpc) is 3.16. The summed E-state index contributed by atoms with van der Waals surface area (Å²) in [5.74, 6) is -0.298. The minimum absolute atomic E-state index is 0.0251. The second kappa shape index (κ2) is 8.02. The predicted molar refractivity (Wildman–Crippen MR) is 124 cm³/mol. The third-order valence-electron chi connectivity index (χ3n) is 7.90. The molecule has 2 bridgehead atoms. The van der Waals surface area contributed by atoms with Crippen LogP contribution >= 0.6 is 0 Å². The van der Waals surface area contributed by atoms with Crippen molar-refractivity contribution in [1.29, 1.82) is 0 Å². The van der Waals surface area contributed by atoms with Crippen LogP contribution in [0, 0.1) is 0 Å². The molecule has 0 unspecified atom stereocenters. The van der Waals surface area contributed by atoms with Crippen molar-refractivity contribution in [2.45, 2.75) is 121 Å². The SMILES string of the molecule is CC(C)(C)[Si](C)(C)O[C@H]1[C@@H]2OC[C@@H](O2)[C@@H](O[Si](C)(C)C(C)(C)C)[C@@H]1N1C(=O)CCC1=O. The Hall–Kier alpha value is -0.586. The molecule has 3 saturated heterocycles. The quantitative estimate of drug-likeness (QED) is 0.445. The molecule has 3 heterocycles. The summed E-state index contributed by atoms with van der Waals surface area (Å²) < 4.78 is 25.9. The third kappa shape index (κ3) is 4.59. The van der Waals surface area contributed by atoms with Gasteiger partial charge in [0.25, 0.3) is 0 Å². The molecule has 7 nitrogen and oxygen atoms in total. The highest BCUT2D eigenvalue weighted by molar-refractivity contribution is 6.74. The van der Waals surface area contributed by atoms with Gasteiger partial charge in [-0.2, -0.15) is 0 Å². The summed E-state index contributed by atoms with van der Waals surface area (Å²) in [5.41, 5.74) is 0. The number of ether oxygens (including phenoxy) is 2. The van der Waals surface area contributed by atoms with Crippen molar-refractivity contribution in [3.8, 4) is 0 Å². The van der Waals surface area contributed by atoms with Gasteiger partial charge in [0.2, 0.25) is 11.8 Å². The Kier molecular flexibility index (Phi) is 6.48. The Labute approximate surface area is 189 Å². The fourth-order valence-corrected chi connectivity index (χ4v) is 6.49. The van der Waals surface area contributed by atoms with Gasteiger partial charge in [-0.1, -0.05) is 41.5 Å². The molecule has 0 aliphatic carbocycles. The maximum absolute atomic E-state index is 12.9. The van der Waals surface area contributed by atoms with Gasteiger partial charge in [0.05, 0.1) is 18.8 Å². The smallest absolute Gasteiger partial charge is 0.230 e. The topological polar surface area (TPSA) is 74.3 Å². The van der Waals surface area contributed by atoms with Gasteiger partial charge in [-0.25, -0.2) is 0 Å². The number of carbonyl (C=O) groups excluding carboxylic acids is 2. The molecule has 3 aliphatic rings. The number of likely N-dealkylation sites (tertiary alicyclic amines) is 1. The minimum Gasteiger partial charge on any atom is -0.409 e. The molecule has 5 atom stereocenters. The second-order valence-corrected chi connectivity index (χ2v) is 21.7. The van der Waals surface area contributed by atoms with Crippen molar-refractivity contribution >= 4 is 28.4 Å². The largest absolute Gasteiger partial charge is 0.409 e. The number of hydrogen-bond donors (Lipinski definition) is 0. The van der Waals surface area contributed by atoms with Crippen LogP contribution in [0.5, 0.6) is 0 Å². The molecule has 9 heteroatoms. The molecule has 31 heavy (non-hydrogen) atoms. The highest BCUT2D eigenvalue weighted by Gasteiger charge is 2.60. The number of hydrogen-bond acceptors (Lipinski definition) is 6. The number of rotatable bonds is 5. The fourth-order valence-electron chi connectivity index (χ4n) is 3.88. The number of nitrogens with zero attached hydrogens (tertiary/aromatic N) is 1. The van der Waals surface area contributed by atoms with Crippen LogP contribution in [0.4, 0.5) is 0 Å². The summed E-state index contributed by atoms with van der Waals surface area (Å²) in [5, 5.41) is -0.0650. The number of carbonyl (C=O) groups is 2. The molecule has 3 aliphatic heterocycles. The zero-order valence-electron chi connectivity index (χ0n) is 20.9. The molecular formula is C22H41NO6Si2. The van der Waals surface area contributed by atoms with Crippen LogP contribution in [-0.2, 0) is 27.9 Å². The molecule has 0 saturated carbocycles. The second-order valence-electron chi connectivity index (χ2n) is 12.2. The van der Waals surface area contributed by atoms with E-state index < -0.39 is 41.2 Å². The van der Waals surface area contributed by atoms with Gasteiger partial charge in [-0.05, 0) is 36.3 Å². The molecule has 0 radical (unpaired) electrons. The fraction of sp³-hybridized carbons (Fsp3) is 0.909. The van der Waals surface area contributed by atoms with Gasteiger partial charge in [-0.15, -0.1) is 0 Å². The highest BCUT2D eigenvalue weighted by atomic mass is 28.4. The van der Waals surface area contributed by atoms with Crippen LogP contribution in [0.25, 0.3) is 0 Å². The highest BCUT2D eigenvalue weighted by Crippen LogP contribution is 2.45. The first-order valence-electron chi connectivity index (χ1n) is 11.4. The summed E-state index contributed by atoms with van der Waals surface area (Å²) in [6, 6.07) is -0.531. The van der Waals surface area contributed by atoms with Crippen LogP contribution in [0.2, 0.25) is 36.3 Å². The Bertz CT molecular complexity index is 668. The maximum atomic E-state index is 12.9. The van der Waals surface area contributed by atoms with E-state index >= 15 is 0 Å². The van der Waals surface area contributed by atoms with Gasteiger partial charge < -0.3 is 18.3 Å². The predicted octanol–water partition coefficient (Wildman–Crippen LogP) is 4.04. The van der Waals surface area contributed by atoms with Gasteiger partial charge in [0, 0.05) is 12.8 Å². The first kappa shape index (κ1) is 25.0. The maximum Gasteiger partial charge on any atom is 0.230 e. The summed E-state index contributed by atoms with van der Waals surface area (Å²) in [6.07, 6.45) is -1.44. The van der Waals surface area contributed by atoms with Crippen molar-refractivity contribution < 1.29 is 27.9 Å². The van der Waals surface area contributed by atoms with Gasteiger partial charge in [0.15, 0.2) is 22.9 Å². The molecular weight excluding hydrogens is 430 g/mol. The van der Waals surface area contributed by atoms with E-state index in [9.17, 15) is 9.59 Å². The van der Waals surface area contributed by atoms with E-state index in [4.69, 9.17) is 18.3 Å². The monoisotopic (exact) mass is 471 g/mol. The lowest BCUT2D eigenvalue weighted by Crippen LogP contribution is -2.67. The molecule has 2 amide bonds. The molecule has 0 aromatic carbocycles. The Balaban J connectivity index is 2.04. The first-order valence-corrected chi connectivity index (χ1v) is 17.3. The molecule has 3 rings (SSSR count). The summed E-state index contributed by atoms with van der Waals surface area (Å²) in [4.78, 5) is 27.2. The van der Waals surface area contributed by atoms with Crippen LogP contribution in [0.3, 0.4) is 0 Å². The first-order chi connectivity index (χ1) is 14.0. The lowest BCUT2D eigenvalue weighted by atomic mass is 9.96. The average molecular weight is 472 g/mol. The van der Waals surface area contributed by atoms with E-state index in [1.807, 2.05) is 0 Å². The molecule has 0 N–H and O–H groups in total. The normalized spacial score (nSPS) is 32.8. The lowest BCUT2D eigenvalue weighted by Gasteiger charge is -2.51. The Morgan fingerprint density at radius 2 is 1.29 bits per heavy atom. The van der Waals surface area contributed by atoms with Crippen molar-refractivity contribution in [1.82, 2.24) is 4.90 Å². The summed E-state index contributed by atoms with van der Waals surface area (Å²) in [7, 11) is -4.47. The summed E-state index contributed by atoms with van der Waals surface area (Å²) >= 11 is 0. The zero-order chi connectivity index (χ0) is 23.6. The lowest BCUT2D eigenvalue weighted by molar-refractivity contribution is -0.206. The van der Waals surface area contributed by atoms with Crippen LogP contribution < -0.4 is 0 Å². The summed E-state index contributed by atoms with van der Waals surface area (Å²) in [6.45, 7) is 22.2. The van der Waals surface area contributed by atoms with Crippen molar-refractivity contribution in [3.63, 3.8) is 0 Å². The van der Waals surface area contributed by atoms with Crippen molar-refractivity contribution in [3.05, 3.63) is 0 Å². The number of amides is 2. The van der Waals surface area contributed by atoms with Crippen LogP contribution in [-0.4, -0.2) is 70.6 Å². The number of fused-ring (bicyclic) bond motifs is 2. The van der Waals surface area contributed by atoms with Crippen molar-refractivity contribution in [2.75, 3.05) is 6.61 Å². The van der Waals surface area contributed by atoms with E-state index in [2.05, 4.69) is 67.7 Å². The molecule has 3 fully saturated rings. The molecule has 0 spiro atoms. The van der Waals surface area contributed by atoms with E-state index in [-0.39, 0.29) is 40.8 Å². The van der Waals surface area contributed by atoms with E-state index in [0.717, 1.165) is 0 Å². The zero-order valence-corrected chi connectivity index (χ0v) is 22.9. The minimum atomic E-state index is -2.25. The van der Waals surface area contributed by atoms with Gasteiger partial charge in [0.1, 0.15) is 12.2 Å². The van der Waals surface area contributed by atoms with E-state index in [1.165, 1.54) is 4.90 Å². The van der Waals surface area contributed by atoms with Crippen LogP contribution in [0.15, 0.2) is 0 Å². The Morgan fingerprint density at radius 3 is 1.74 bits per heavy atom. The Morgan fingerprint density at radius 1 is 0.839 bits per heavy atom. The van der Waals surface area contributed by atoms with Crippen molar-refractivity contribution in [2.24, 2.45) is 0 Å². The molecule has 0 aromatic rings. The third-order valence-corrected chi connectivity index (χ3v) is 16.9. The van der Waals surface area contributed by atoms with E-state index in [1.54, 1.807) is 0 Å². The van der Waals surface area contributed by atoms with Gasteiger partial charge in [-0.3, -0.25) is 14.5 Å². The standard InChI is InChI=1S/C22H41NO6Si2/c1-21(2,3)30(7,8)28-18-14-13-26-20(27-14)19(29-31(9,10)22(4,5)6)17(18)23-15(24)11-12-16(23)25/h14,17-20H,11-13H2,1-10H3/t14-,17+,18-,19-,20-/m1/s1. The van der Waals surface area contributed by atoms with E-state index in [0.29, 0.717) is 6.61 Å².